The second-order valence-corrected chi connectivity index (χ2v) is 4.81. The number of nitrogens with two attached hydrogens (primary N) is 1. The molecule has 1 aromatic rings. The van der Waals surface area contributed by atoms with Gasteiger partial charge in [-0.2, -0.15) is 5.26 Å². The molecule has 2 rings (SSSR count). The molecule has 5 nitrogen and oxygen atoms in total. The van der Waals surface area contributed by atoms with Gasteiger partial charge in [-0.3, -0.25) is 0 Å². The van der Waals surface area contributed by atoms with Crippen LogP contribution in [0.25, 0.3) is 0 Å². The number of halogens is 1. The minimum atomic E-state index is -1.09. The Labute approximate surface area is 110 Å². The average Bonchev–Trinajstić information content (AvgIpc) is 2.71. The molecule has 0 radical (unpaired) electrons. The summed E-state index contributed by atoms with van der Waals surface area (Å²) in [7, 11) is -1.03. The molecule has 1 aliphatic heterocycles. The van der Waals surface area contributed by atoms with Crippen LogP contribution in [0.1, 0.15) is 12.5 Å². The number of hydrogen-bond donors (Lipinski definition) is 2. The molecule has 1 heterocycles. The Bertz CT molecular complexity index is 516. The van der Waals surface area contributed by atoms with E-state index in [1.165, 1.54) is 0 Å². The largest absolute Gasteiger partial charge is 0.493 e. The molecule has 0 fully saturated rings. The fraction of sp³-hybridized carbons (Fsp3) is 0.364. The van der Waals surface area contributed by atoms with Gasteiger partial charge in [0.05, 0.1) is 17.7 Å². The summed E-state index contributed by atoms with van der Waals surface area (Å²) in [6.07, 6.45) is 0. The van der Waals surface area contributed by atoms with Crippen molar-refractivity contribution < 1.29 is 14.4 Å². The van der Waals surface area contributed by atoms with Crippen molar-refractivity contribution in [2.24, 2.45) is 5.73 Å². The highest BCUT2D eigenvalue weighted by Crippen LogP contribution is 2.27. The maximum atomic E-state index is 9.62. The van der Waals surface area contributed by atoms with E-state index in [0.29, 0.717) is 22.8 Å². The van der Waals surface area contributed by atoms with Crippen LogP contribution in [-0.4, -0.2) is 24.3 Å². The van der Waals surface area contributed by atoms with Crippen molar-refractivity contribution in [1.29, 1.82) is 5.26 Å². The predicted octanol–water partition coefficient (Wildman–Crippen LogP) is 0.177. The van der Waals surface area contributed by atoms with Gasteiger partial charge in [0.1, 0.15) is 17.9 Å². The van der Waals surface area contributed by atoms with Crippen LogP contribution in [0.3, 0.4) is 0 Å². The van der Waals surface area contributed by atoms with E-state index in [0.717, 1.165) is 5.56 Å². The van der Waals surface area contributed by atoms with Crippen LogP contribution in [0.2, 0.25) is 5.02 Å². The average molecular weight is 266 g/mol. The smallest absolute Gasteiger partial charge is 0.489 e. The van der Waals surface area contributed by atoms with Gasteiger partial charge < -0.3 is 20.1 Å². The molecule has 3 N–H and O–H groups in total. The lowest BCUT2D eigenvalue weighted by molar-refractivity contribution is 0.265. The van der Waals surface area contributed by atoms with Crippen molar-refractivity contribution in [2.45, 2.75) is 19.1 Å². The topological polar surface area (TPSA) is 88.5 Å². The minimum absolute atomic E-state index is 0.0129. The van der Waals surface area contributed by atoms with Gasteiger partial charge in [0.2, 0.25) is 0 Å². The zero-order valence-electron chi connectivity index (χ0n) is 9.81. The molecule has 0 unspecified atom stereocenters. The number of nitriles is 1. The molecule has 94 valence electrons. The lowest BCUT2D eigenvalue weighted by Gasteiger charge is -2.17. The van der Waals surface area contributed by atoms with Gasteiger partial charge in [-0.05, 0) is 18.6 Å². The number of ether oxygens (including phenoxy) is 1. The van der Waals surface area contributed by atoms with Crippen molar-refractivity contribution in [3.8, 4) is 11.8 Å². The molecule has 1 atom stereocenters. The molecule has 0 spiro atoms. The monoisotopic (exact) mass is 266 g/mol. The number of fused-ring (bicyclic) bond motifs is 1. The lowest BCUT2D eigenvalue weighted by Crippen LogP contribution is -2.41. The molecule has 1 aromatic carbocycles. The van der Waals surface area contributed by atoms with Crippen molar-refractivity contribution >= 4 is 24.2 Å². The molecular formula is C11H12BClN2O3. The molecule has 7 heteroatoms. The van der Waals surface area contributed by atoms with Crippen LogP contribution < -0.4 is 15.9 Å². The molecule has 0 amide bonds. The second kappa shape index (κ2) is 4.79. The SMILES string of the molecule is C[C@@](N)(C#N)COc1ccc2c(c1Cl)B(O)OC2. The first kappa shape index (κ1) is 13.2. The van der Waals surface area contributed by atoms with Gasteiger partial charge in [-0.25, -0.2) is 0 Å². The summed E-state index contributed by atoms with van der Waals surface area (Å²) in [5.41, 5.74) is 5.91. The summed E-state index contributed by atoms with van der Waals surface area (Å²) in [5.74, 6) is 0.381. The number of rotatable bonds is 3. The van der Waals surface area contributed by atoms with Crippen molar-refractivity contribution in [1.82, 2.24) is 0 Å². The zero-order valence-corrected chi connectivity index (χ0v) is 10.6. The predicted molar refractivity (Wildman–Crippen MR) is 67.5 cm³/mol. The van der Waals surface area contributed by atoms with Crippen LogP contribution in [0, 0.1) is 11.3 Å². The Morgan fingerprint density at radius 2 is 2.44 bits per heavy atom. The fourth-order valence-corrected chi connectivity index (χ4v) is 1.96. The third-order valence-electron chi connectivity index (χ3n) is 2.66. The highest BCUT2D eigenvalue weighted by Gasteiger charge is 2.32. The van der Waals surface area contributed by atoms with E-state index < -0.39 is 12.7 Å². The first-order chi connectivity index (χ1) is 8.44. The Balaban J connectivity index is 2.22. The summed E-state index contributed by atoms with van der Waals surface area (Å²) in [6, 6.07) is 5.38. The van der Waals surface area contributed by atoms with Gasteiger partial charge >= 0.3 is 7.12 Å². The standard InChI is InChI=1S/C11H12BClN2O3/c1-11(15,5-14)6-17-8-3-2-7-4-18-12(16)9(7)10(8)13/h2-3,16H,4,6,15H2,1H3/t11-/m1/s1. The highest BCUT2D eigenvalue weighted by atomic mass is 35.5. The molecule has 1 aliphatic rings. The Morgan fingerprint density at radius 1 is 1.72 bits per heavy atom. The highest BCUT2D eigenvalue weighted by molar-refractivity contribution is 6.65. The van der Waals surface area contributed by atoms with Crippen LogP contribution in [-0.2, 0) is 11.3 Å². The third-order valence-corrected chi connectivity index (χ3v) is 3.05. The van der Waals surface area contributed by atoms with Crippen LogP contribution in [0.5, 0.6) is 5.75 Å². The summed E-state index contributed by atoms with van der Waals surface area (Å²) >= 11 is 6.13. The van der Waals surface area contributed by atoms with Crippen molar-refractivity contribution in [2.75, 3.05) is 6.61 Å². The molecule has 0 bridgehead atoms. The normalized spacial score (nSPS) is 16.9. The lowest BCUT2D eigenvalue weighted by atomic mass is 9.79. The number of hydrogen-bond acceptors (Lipinski definition) is 5. The first-order valence-electron chi connectivity index (χ1n) is 5.38. The molecule has 0 aliphatic carbocycles. The maximum Gasteiger partial charge on any atom is 0.493 e. The maximum absolute atomic E-state index is 9.62. The number of benzene rings is 1. The van der Waals surface area contributed by atoms with E-state index in [-0.39, 0.29) is 6.61 Å². The summed E-state index contributed by atoms with van der Waals surface area (Å²) in [4.78, 5) is 0. The van der Waals surface area contributed by atoms with Gasteiger partial charge in [0.15, 0.2) is 0 Å². The minimum Gasteiger partial charge on any atom is -0.489 e. The molecule has 18 heavy (non-hydrogen) atoms. The molecule has 0 saturated carbocycles. The Kier molecular flexibility index (Phi) is 3.50. The summed E-state index contributed by atoms with van der Waals surface area (Å²) < 4.78 is 10.5. The van der Waals surface area contributed by atoms with Gasteiger partial charge in [0, 0.05) is 5.46 Å². The van der Waals surface area contributed by atoms with Crippen LogP contribution in [0.4, 0.5) is 0 Å². The van der Waals surface area contributed by atoms with Gasteiger partial charge in [-0.15, -0.1) is 0 Å². The quantitative estimate of drug-likeness (QED) is 0.762. The number of nitrogens with zero attached hydrogens (tertiary/aromatic N) is 1. The molecular weight excluding hydrogens is 254 g/mol. The van der Waals surface area contributed by atoms with E-state index in [9.17, 15) is 5.02 Å². The zero-order chi connectivity index (χ0) is 13.3. The Morgan fingerprint density at radius 3 is 3.11 bits per heavy atom. The van der Waals surface area contributed by atoms with E-state index in [4.69, 9.17) is 32.0 Å². The van der Waals surface area contributed by atoms with E-state index in [2.05, 4.69) is 0 Å². The first-order valence-corrected chi connectivity index (χ1v) is 5.76. The summed E-state index contributed by atoms with van der Waals surface area (Å²) in [5, 5.41) is 18.7. The van der Waals surface area contributed by atoms with E-state index in [1.807, 2.05) is 6.07 Å². The third kappa shape index (κ3) is 2.45. The van der Waals surface area contributed by atoms with Crippen molar-refractivity contribution in [3.63, 3.8) is 0 Å². The van der Waals surface area contributed by atoms with Gasteiger partial charge in [0.25, 0.3) is 0 Å². The summed E-state index contributed by atoms with van der Waals surface area (Å²) in [6.45, 7) is 1.90. The van der Waals surface area contributed by atoms with Gasteiger partial charge in [-0.1, -0.05) is 17.7 Å². The van der Waals surface area contributed by atoms with Crippen LogP contribution >= 0.6 is 11.6 Å². The second-order valence-electron chi connectivity index (χ2n) is 4.43. The van der Waals surface area contributed by atoms with E-state index in [1.54, 1.807) is 19.1 Å². The van der Waals surface area contributed by atoms with E-state index >= 15 is 0 Å². The molecule has 0 aromatic heterocycles. The fourth-order valence-electron chi connectivity index (χ4n) is 1.63. The Hall–Kier alpha value is -1.26. The van der Waals surface area contributed by atoms with Crippen LogP contribution in [0.15, 0.2) is 12.1 Å². The van der Waals surface area contributed by atoms with Crippen molar-refractivity contribution in [3.05, 3.63) is 22.7 Å². The molecule has 0 saturated heterocycles.